The van der Waals surface area contributed by atoms with Crippen molar-refractivity contribution in [1.29, 1.82) is 5.26 Å². The molecule has 1 aliphatic heterocycles. The van der Waals surface area contributed by atoms with Crippen molar-refractivity contribution >= 4 is 17.0 Å². The molecule has 0 bridgehead atoms. The third-order valence-electron chi connectivity index (χ3n) is 4.47. The molecule has 96 valence electrons. The summed E-state index contributed by atoms with van der Waals surface area (Å²) in [4.78, 5) is 11.1. The van der Waals surface area contributed by atoms with Crippen molar-refractivity contribution in [2.24, 2.45) is 5.41 Å². The van der Waals surface area contributed by atoms with Crippen LogP contribution in [0.25, 0.3) is 11.2 Å². The molecule has 1 spiro atoms. The van der Waals surface area contributed by atoms with Crippen molar-refractivity contribution in [3.05, 3.63) is 11.9 Å². The van der Waals surface area contributed by atoms with Crippen molar-refractivity contribution in [3.63, 3.8) is 0 Å². The molecule has 0 atom stereocenters. The Balaban J connectivity index is 1.63. The van der Waals surface area contributed by atoms with Crippen molar-refractivity contribution in [1.82, 2.24) is 20.2 Å². The molecule has 2 aromatic heterocycles. The average molecular weight is 254 g/mol. The van der Waals surface area contributed by atoms with Crippen LogP contribution >= 0.6 is 0 Å². The zero-order valence-corrected chi connectivity index (χ0v) is 10.6. The first-order chi connectivity index (χ1) is 9.30. The highest BCUT2D eigenvalue weighted by atomic mass is 15.2. The lowest BCUT2D eigenvalue weighted by Crippen LogP contribution is -2.35. The zero-order valence-electron chi connectivity index (χ0n) is 10.6. The van der Waals surface area contributed by atoms with E-state index in [1.54, 1.807) is 6.20 Å². The summed E-state index contributed by atoms with van der Waals surface area (Å²) in [5, 5.41) is 15.6. The van der Waals surface area contributed by atoms with Crippen LogP contribution in [0.4, 0.5) is 5.82 Å². The van der Waals surface area contributed by atoms with Gasteiger partial charge in [0.2, 0.25) is 5.65 Å². The van der Waals surface area contributed by atoms with Gasteiger partial charge in [-0.05, 0) is 31.1 Å². The number of H-pyrrole nitrogens is 1. The molecule has 3 heterocycles. The maximum atomic E-state index is 8.91. The molecule has 4 rings (SSSR count). The lowest BCUT2D eigenvalue weighted by Gasteiger charge is -2.32. The second-order valence-corrected chi connectivity index (χ2v) is 5.60. The lowest BCUT2D eigenvalue weighted by molar-refractivity contribution is 0.383. The van der Waals surface area contributed by atoms with E-state index in [0.29, 0.717) is 22.3 Å². The predicted molar refractivity (Wildman–Crippen MR) is 69.5 cm³/mol. The monoisotopic (exact) mass is 254 g/mol. The summed E-state index contributed by atoms with van der Waals surface area (Å²) >= 11 is 0. The summed E-state index contributed by atoms with van der Waals surface area (Å²) in [5.41, 5.74) is 2.13. The van der Waals surface area contributed by atoms with Crippen LogP contribution in [0.1, 0.15) is 31.4 Å². The van der Waals surface area contributed by atoms with Crippen molar-refractivity contribution < 1.29 is 0 Å². The summed E-state index contributed by atoms with van der Waals surface area (Å²) in [7, 11) is 0. The minimum absolute atomic E-state index is 0.379. The first-order valence-corrected chi connectivity index (χ1v) is 6.66. The van der Waals surface area contributed by atoms with E-state index >= 15 is 0 Å². The van der Waals surface area contributed by atoms with Crippen LogP contribution < -0.4 is 4.90 Å². The molecular formula is C13H14N6. The van der Waals surface area contributed by atoms with E-state index in [2.05, 4.69) is 25.1 Å². The van der Waals surface area contributed by atoms with Crippen LogP contribution in [0.3, 0.4) is 0 Å². The fraction of sp³-hybridized carbons (Fsp3) is 0.538. The molecule has 1 N–H and O–H groups in total. The molecule has 1 saturated carbocycles. The first kappa shape index (κ1) is 10.7. The van der Waals surface area contributed by atoms with E-state index in [-0.39, 0.29) is 0 Å². The van der Waals surface area contributed by atoms with Crippen molar-refractivity contribution in [2.45, 2.75) is 25.7 Å². The molecule has 6 nitrogen and oxygen atoms in total. The number of rotatable bonds is 1. The molecule has 0 aromatic carbocycles. The third-order valence-corrected chi connectivity index (χ3v) is 4.47. The van der Waals surface area contributed by atoms with Crippen LogP contribution in [-0.4, -0.2) is 33.3 Å². The van der Waals surface area contributed by atoms with Gasteiger partial charge >= 0.3 is 0 Å². The number of aromatic amines is 1. The molecule has 0 unspecified atom stereocenters. The maximum absolute atomic E-state index is 8.91. The van der Waals surface area contributed by atoms with Crippen molar-refractivity contribution in [3.8, 4) is 6.07 Å². The van der Waals surface area contributed by atoms with Gasteiger partial charge in [-0.25, -0.2) is 9.97 Å². The number of hydrogen-bond donors (Lipinski definition) is 1. The van der Waals surface area contributed by atoms with Gasteiger partial charge < -0.3 is 4.90 Å². The molecule has 2 aliphatic rings. The fourth-order valence-electron chi connectivity index (χ4n) is 2.90. The SMILES string of the molecule is N#Cc1[nH]nc2nc(N3CCC4(CC3)CC4)cnc12. The molecule has 2 fully saturated rings. The Morgan fingerprint density at radius 1 is 1.26 bits per heavy atom. The van der Waals surface area contributed by atoms with Crippen LogP contribution in [0.2, 0.25) is 0 Å². The minimum Gasteiger partial charge on any atom is -0.355 e. The van der Waals surface area contributed by atoms with Crippen LogP contribution in [0, 0.1) is 16.7 Å². The van der Waals surface area contributed by atoms with E-state index < -0.39 is 0 Å². The van der Waals surface area contributed by atoms with E-state index in [9.17, 15) is 0 Å². The van der Waals surface area contributed by atoms with Gasteiger partial charge in [-0.3, -0.25) is 5.10 Å². The second kappa shape index (κ2) is 3.67. The van der Waals surface area contributed by atoms with Crippen LogP contribution in [-0.2, 0) is 0 Å². The molecule has 1 aliphatic carbocycles. The summed E-state index contributed by atoms with van der Waals surface area (Å²) in [6.45, 7) is 2.10. The van der Waals surface area contributed by atoms with Gasteiger partial charge in [0.25, 0.3) is 0 Å². The minimum atomic E-state index is 0.379. The standard InChI is InChI=1S/C13H14N6/c14-7-9-11-12(18-17-9)16-10(8-15-11)19-5-3-13(1-2-13)4-6-19/h8H,1-6H2,(H,16,17,18). The number of piperidine rings is 1. The van der Waals surface area contributed by atoms with Crippen molar-refractivity contribution in [2.75, 3.05) is 18.0 Å². The van der Waals surface area contributed by atoms with Crippen LogP contribution in [0.5, 0.6) is 0 Å². The highest BCUT2D eigenvalue weighted by Gasteiger charge is 2.44. The molecule has 19 heavy (non-hydrogen) atoms. The van der Waals surface area contributed by atoms with Gasteiger partial charge in [-0.15, -0.1) is 0 Å². The Kier molecular flexibility index (Phi) is 2.07. The Bertz CT molecular complexity index is 668. The van der Waals surface area contributed by atoms with Gasteiger partial charge in [0.15, 0.2) is 5.69 Å². The quantitative estimate of drug-likeness (QED) is 0.836. The van der Waals surface area contributed by atoms with E-state index in [1.165, 1.54) is 25.7 Å². The Morgan fingerprint density at radius 2 is 2.05 bits per heavy atom. The number of nitrogens with zero attached hydrogens (tertiary/aromatic N) is 5. The third kappa shape index (κ3) is 1.65. The van der Waals surface area contributed by atoms with Gasteiger partial charge in [-0.2, -0.15) is 10.4 Å². The summed E-state index contributed by atoms with van der Waals surface area (Å²) in [6, 6.07) is 2.03. The number of nitrogens with one attached hydrogen (secondary N) is 1. The predicted octanol–water partition coefficient (Wildman–Crippen LogP) is 1.60. The molecule has 6 heteroatoms. The second-order valence-electron chi connectivity index (χ2n) is 5.60. The normalized spacial score (nSPS) is 20.7. The van der Waals surface area contributed by atoms with Crippen LogP contribution in [0.15, 0.2) is 6.20 Å². The highest BCUT2D eigenvalue weighted by Crippen LogP contribution is 2.53. The Morgan fingerprint density at radius 3 is 2.74 bits per heavy atom. The van der Waals surface area contributed by atoms with Gasteiger partial charge in [0.1, 0.15) is 17.4 Å². The molecule has 0 radical (unpaired) electrons. The summed E-state index contributed by atoms with van der Waals surface area (Å²) in [5.74, 6) is 0.874. The molecule has 2 aromatic rings. The van der Waals surface area contributed by atoms with E-state index in [4.69, 9.17) is 5.26 Å². The smallest absolute Gasteiger partial charge is 0.203 e. The number of aromatic nitrogens is 4. The maximum Gasteiger partial charge on any atom is 0.203 e. The highest BCUT2D eigenvalue weighted by molar-refractivity contribution is 5.76. The zero-order chi connectivity index (χ0) is 12.9. The first-order valence-electron chi connectivity index (χ1n) is 6.66. The summed E-state index contributed by atoms with van der Waals surface area (Å²) in [6.07, 6.45) is 7.07. The number of hydrogen-bond acceptors (Lipinski definition) is 5. The Hall–Kier alpha value is -2.16. The van der Waals surface area contributed by atoms with E-state index in [0.717, 1.165) is 18.9 Å². The molecule has 1 saturated heterocycles. The number of fused-ring (bicyclic) bond motifs is 1. The van der Waals surface area contributed by atoms with Gasteiger partial charge in [0, 0.05) is 13.1 Å². The number of anilines is 1. The summed E-state index contributed by atoms with van der Waals surface area (Å²) < 4.78 is 0. The Labute approximate surface area is 110 Å². The largest absolute Gasteiger partial charge is 0.355 e. The van der Waals surface area contributed by atoms with E-state index in [1.807, 2.05) is 6.07 Å². The lowest BCUT2D eigenvalue weighted by atomic mass is 9.94. The fourth-order valence-corrected chi connectivity index (χ4v) is 2.90. The number of nitriles is 1. The average Bonchev–Trinajstić information content (AvgIpc) is 3.08. The topological polar surface area (TPSA) is 81.5 Å². The molecular weight excluding hydrogens is 240 g/mol. The van der Waals surface area contributed by atoms with Gasteiger partial charge in [-0.1, -0.05) is 0 Å². The molecule has 0 amide bonds. The van der Waals surface area contributed by atoms with Gasteiger partial charge in [0.05, 0.1) is 6.20 Å².